The molecule has 1 aliphatic heterocycles. The van der Waals surface area contributed by atoms with E-state index in [0.717, 1.165) is 30.8 Å². The van der Waals surface area contributed by atoms with Crippen LogP contribution in [0.3, 0.4) is 0 Å². The molecule has 0 spiro atoms. The monoisotopic (exact) mass is 331 g/mol. The lowest BCUT2D eigenvalue weighted by atomic mass is 10.1. The van der Waals surface area contributed by atoms with Gasteiger partial charge in [0, 0.05) is 31.4 Å². The lowest BCUT2D eigenvalue weighted by Crippen LogP contribution is -2.29. The highest BCUT2D eigenvalue weighted by atomic mass is 16.3. The maximum atomic E-state index is 10.5. The molecule has 124 valence electrons. The highest BCUT2D eigenvalue weighted by Gasteiger charge is 2.25. The van der Waals surface area contributed by atoms with Gasteiger partial charge in [0.1, 0.15) is 6.07 Å². The first-order chi connectivity index (χ1) is 12.2. The van der Waals surface area contributed by atoms with Crippen LogP contribution >= 0.6 is 0 Å². The average molecular weight is 331 g/mol. The number of nitriles is 1. The SMILES string of the molecule is N#Cc1ccc(-n2nc3c(c2O)CCN(Cc2ccccc2)C3)nc1. The molecule has 6 nitrogen and oxygen atoms in total. The first-order valence-electron chi connectivity index (χ1n) is 8.17. The van der Waals surface area contributed by atoms with Crippen molar-refractivity contribution < 1.29 is 5.11 Å². The van der Waals surface area contributed by atoms with E-state index in [1.807, 2.05) is 24.3 Å². The lowest BCUT2D eigenvalue weighted by molar-refractivity contribution is 0.241. The summed E-state index contributed by atoms with van der Waals surface area (Å²) in [6.07, 6.45) is 2.24. The van der Waals surface area contributed by atoms with Gasteiger partial charge in [-0.1, -0.05) is 30.3 Å². The Morgan fingerprint density at radius 3 is 2.72 bits per heavy atom. The van der Waals surface area contributed by atoms with E-state index in [-0.39, 0.29) is 5.88 Å². The Morgan fingerprint density at radius 2 is 2.00 bits per heavy atom. The molecule has 0 bridgehead atoms. The maximum Gasteiger partial charge on any atom is 0.219 e. The summed E-state index contributed by atoms with van der Waals surface area (Å²) in [5.74, 6) is 0.659. The van der Waals surface area contributed by atoms with E-state index in [9.17, 15) is 5.11 Å². The van der Waals surface area contributed by atoms with E-state index in [4.69, 9.17) is 5.26 Å². The zero-order valence-corrected chi connectivity index (χ0v) is 13.6. The van der Waals surface area contributed by atoms with Crippen LogP contribution in [0.5, 0.6) is 5.88 Å². The summed E-state index contributed by atoms with van der Waals surface area (Å²) in [4.78, 5) is 6.54. The number of nitrogens with zero attached hydrogens (tertiary/aromatic N) is 5. The molecule has 3 aromatic rings. The fourth-order valence-corrected chi connectivity index (χ4v) is 3.14. The second-order valence-electron chi connectivity index (χ2n) is 6.12. The zero-order chi connectivity index (χ0) is 17.2. The number of aromatic hydroxyl groups is 1. The van der Waals surface area contributed by atoms with Gasteiger partial charge in [0.2, 0.25) is 5.88 Å². The van der Waals surface area contributed by atoms with Crippen molar-refractivity contribution in [3.05, 3.63) is 71.0 Å². The topological polar surface area (TPSA) is 78.0 Å². The Balaban J connectivity index is 1.58. The van der Waals surface area contributed by atoms with Gasteiger partial charge >= 0.3 is 0 Å². The molecule has 3 heterocycles. The van der Waals surface area contributed by atoms with E-state index in [1.165, 1.54) is 16.4 Å². The van der Waals surface area contributed by atoms with Crippen LogP contribution in [0.2, 0.25) is 0 Å². The van der Waals surface area contributed by atoms with Gasteiger partial charge in [-0.25, -0.2) is 4.98 Å². The fraction of sp³-hybridized carbons (Fsp3) is 0.211. The number of benzene rings is 1. The second-order valence-corrected chi connectivity index (χ2v) is 6.12. The van der Waals surface area contributed by atoms with Crippen LogP contribution in [0.15, 0.2) is 48.7 Å². The molecule has 4 rings (SSSR count). The zero-order valence-electron chi connectivity index (χ0n) is 13.6. The molecule has 25 heavy (non-hydrogen) atoms. The summed E-state index contributed by atoms with van der Waals surface area (Å²) in [7, 11) is 0. The summed E-state index contributed by atoms with van der Waals surface area (Å²) in [6, 6.07) is 15.7. The molecule has 0 atom stereocenters. The molecular formula is C19H17N5O. The highest BCUT2D eigenvalue weighted by molar-refractivity contribution is 5.40. The van der Waals surface area contributed by atoms with E-state index < -0.39 is 0 Å². The third kappa shape index (κ3) is 2.97. The number of rotatable bonds is 3. The molecule has 1 aromatic carbocycles. The first kappa shape index (κ1) is 15.4. The maximum absolute atomic E-state index is 10.5. The van der Waals surface area contributed by atoms with Gasteiger partial charge in [0.05, 0.1) is 11.3 Å². The molecule has 1 N–H and O–H groups in total. The Kier molecular flexibility index (Phi) is 3.92. The van der Waals surface area contributed by atoms with Gasteiger partial charge in [-0.15, -0.1) is 0 Å². The molecule has 0 radical (unpaired) electrons. The lowest BCUT2D eigenvalue weighted by Gasteiger charge is -2.25. The largest absolute Gasteiger partial charge is 0.493 e. The number of hydrogen-bond acceptors (Lipinski definition) is 5. The van der Waals surface area contributed by atoms with Gasteiger partial charge in [-0.05, 0) is 24.1 Å². The van der Waals surface area contributed by atoms with Crippen molar-refractivity contribution in [1.82, 2.24) is 19.7 Å². The van der Waals surface area contributed by atoms with Crippen molar-refractivity contribution in [3.8, 4) is 17.8 Å². The molecule has 6 heteroatoms. The highest BCUT2D eigenvalue weighted by Crippen LogP contribution is 2.29. The molecule has 0 aliphatic carbocycles. The summed E-state index contributed by atoms with van der Waals surface area (Å²) in [5, 5.41) is 23.9. The minimum absolute atomic E-state index is 0.145. The number of pyridine rings is 1. The molecule has 0 fully saturated rings. The minimum atomic E-state index is 0.145. The number of fused-ring (bicyclic) bond motifs is 1. The van der Waals surface area contributed by atoms with Crippen LogP contribution in [0.4, 0.5) is 0 Å². The summed E-state index contributed by atoms with van der Waals surface area (Å²) in [6.45, 7) is 2.44. The Labute approximate surface area is 145 Å². The van der Waals surface area contributed by atoms with Crippen molar-refractivity contribution in [2.45, 2.75) is 19.5 Å². The molecule has 0 saturated carbocycles. The normalized spacial score (nSPS) is 14.0. The quantitative estimate of drug-likeness (QED) is 0.797. The van der Waals surface area contributed by atoms with Crippen molar-refractivity contribution in [1.29, 1.82) is 5.26 Å². The standard InChI is InChI=1S/C19H17N5O/c20-10-15-6-7-18(21-11-15)24-19(25)16-8-9-23(13-17(16)22-24)12-14-4-2-1-3-5-14/h1-7,11,25H,8-9,12-13H2. The van der Waals surface area contributed by atoms with Crippen molar-refractivity contribution in [2.24, 2.45) is 0 Å². The summed E-state index contributed by atoms with van der Waals surface area (Å²) < 4.78 is 1.46. The van der Waals surface area contributed by atoms with Crippen LogP contribution in [0.1, 0.15) is 22.4 Å². The van der Waals surface area contributed by atoms with E-state index in [1.54, 1.807) is 12.1 Å². The van der Waals surface area contributed by atoms with Crippen molar-refractivity contribution in [2.75, 3.05) is 6.54 Å². The van der Waals surface area contributed by atoms with E-state index in [0.29, 0.717) is 17.9 Å². The van der Waals surface area contributed by atoms with Crippen LogP contribution in [-0.2, 0) is 19.5 Å². The van der Waals surface area contributed by atoms with Crippen LogP contribution in [0.25, 0.3) is 5.82 Å². The molecule has 2 aromatic heterocycles. The summed E-state index contributed by atoms with van der Waals surface area (Å²) >= 11 is 0. The van der Waals surface area contributed by atoms with Gasteiger partial charge in [0.15, 0.2) is 5.82 Å². The average Bonchev–Trinajstić information content (AvgIpc) is 2.99. The Bertz CT molecular complexity index is 925. The third-order valence-corrected chi connectivity index (χ3v) is 4.43. The number of hydrogen-bond donors (Lipinski definition) is 1. The molecule has 0 unspecified atom stereocenters. The molecule has 0 amide bonds. The van der Waals surface area contributed by atoms with Crippen LogP contribution < -0.4 is 0 Å². The molecule has 0 saturated heterocycles. The van der Waals surface area contributed by atoms with Gasteiger partial charge in [0.25, 0.3) is 0 Å². The Morgan fingerprint density at radius 1 is 1.16 bits per heavy atom. The van der Waals surface area contributed by atoms with Gasteiger partial charge in [-0.2, -0.15) is 15.0 Å². The molecule has 1 aliphatic rings. The predicted molar refractivity (Wildman–Crippen MR) is 92.0 cm³/mol. The van der Waals surface area contributed by atoms with E-state index >= 15 is 0 Å². The number of aromatic nitrogens is 3. The fourth-order valence-electron chi connectivity index (χ4n) is 3.14. The first-order valence-corrected chi connectivity index (χ1v) is 8.17. The van der Waals surface area contributed by atoms with E-state index in [2.05, 4.69) is 27.1 Å². The second kappa shape index (κ2) is 6.38. The Hall–Kier alpha value is -3.17. The predicted octanol–water partition coefficient (Wildman–Crippen LogP) is 2.40. The van der Waals surface area contributed by atoms with Gasteiger partial charge < -0.3 is 5.11 Å². The van der Waals surface area contributed by atoms with Crippen molar-refractivity contribution in [3.63, 3.8) is 0 Å². The third-order valence-electron chi connectivity index (χ3n) is 4.43. The van der Waals surface area contributed by atoms with Crippen LogP contribution in [-0.4, -0.2) is 31.3 Å². The van der Waals surface area contributed by atoms with Crippen LogP contribution in [0, 0.1) is 11.3 Å². The molecular weight excluding hydrogens is 314 g/mol. The minimum Gasteiger partial charge on any atom is -0.493 e. The van der Waals surface area contributed by atoms with Crippen molar-refractivity contribution >= 4 is 0 Å². The summed E-state index contributed by atoms with van der Waals surface area (Å²) in [5.41, 5.74) is 3.51. The van der Waals surface area contributed by atoms with Gasteiger partial charge in [-0.3, -0.25) is 4.90 Å². The smallest absolute Gasteiger partial charge is 0.219 e.